The van der Waals surface area contributed by atoms with Gasteiger partial charge in [-0.15, -0.1) is 0 Å². The van der Waals surface area contributed by atoms with E-state index in [-0.39, 0.29) is 5.60 Å². The third-order valence-corrected chi connectivity index (χ3v) is 8.58. The van der Waals surface area contributed by atoms with Gasteiger partial charge in [-0.25, -0.2) is 9.97 Å². The van der Waals surface area contributed by atoms with E-state index in [2.05, 4.69) is 43.8 Å². The van der Waals surface area contributed by atoms with Crippen LogP contribution in [-0.2, 0) is 9.47 Å². The van der Waals surface area contributed by atoms with E-state index in [4.69, 9.17) is 19.9 Å². The summed E-state index contributed by atoms with van der Waals surface area (Å²) in [4.78, 5) is 11.6. The molecule has 4 fully saturated rings. The second kappa shape index (κ2) is 8.47. The van der Waals surface area contributed by atoms with Crippen molar-refractivity contribution in [3.8, 4) is 16.9 Å². The van der Waals surface area contributed by atoms with Crippen LogP contribution < -0.4 is 10.5 Å². The first-order chi connectivity index (χ1) is 17.2. The summed E-state index contributed by atoms with van der Waals surface area (Å²) < 4.78 is 20.2. The van der Waals surface area contributed by atoms with Crippen molar-refractivity contribution in [2.75, 3.05) is 38.6 Å². The molecule has 8 nitrogen and oxygen atoms in total. The lowest BCUT2D eigenvalue weighted by atomic mass is 9.89. The number of hydrogen-bond acceptors (Lipinski definition) is 7. The van der Waals surface area contributed by atoms with Gasteiger partial charge in [-0.3, -0.25) is 4.90 Å². The van der Waals surface area contributed by atoms with Gasteiger partial charge in [0.25, 0.3) is 0 Å². The zero-order chi connectivity index (χ0) is 23.4. The Kier molecular flexibility index (Phi) is 5.22. The number of nitrogens with zero attached hydrogens (tertiary/aromatic N) is 4. The normalized spacial score (nSPS) is 27.5. The number of fused-ring (bicyclic) bond motifs is 3. The zero-order valence-electron chi connectivity index (χ0n) is 20.1. The zero-order valence-corrected chi connectivity index (χ0v) is 20.1. The predicted octanol–water partition coefficient (Wildman–Crippen LogP) is 3.81. The van der Waals surface area contributed by atoms with Crippen LogP contribution in [0.4, 0.5) is 5.82 Å². The van der Waals surface area contributed by atoms with Crippen LogP contribution >= 0.6 is 0 Å². The molecule has 35 heavy (non-hydrogen) atoms. The molecule has 2 bridgehead atoms. The van der Waals surface area contributed by atoms with E-state index < -0.39 is 0 Å². The molecular weight excluding hydrogens is 442 g/mol. The number of nitrogens with two attached hydrogens (primary N) is 1. The van der Waals surface area contributed by atoms with Crippen LogP contribution in [0.25, 0.3) is 22.2 Å². The van der Waals surface area contributed by atoms with Gasteiger partial charge in [0.1, 0.15) is 35.7 Å². The molecule has 0 saturated carbocycles. The minimum atomic E-state index is -0.0879. The molecule has 0 aliphatic carbocycles. The Morgan fingerprint density at radius 3 is 2.60 bits per heavy atom. The fraction of sp³-hybridized carbons (Fsp3) is 0.556. The molecule has 8 heteroatoms. The summed E-state index contributed by atoms with van der Waals surface area (Å²) in [5.74, 6) is 1.39. The Morgan fingerprint density at radius 2 is 1.89 bits per heavy atom. The van der Waals surface area contributed by atoms with Gasteiger partial charge in [0.2, 0.25) is 0 Å². The van der Waals surface area contributed by atoms with Crippen molar-refractivity contribution >= 4 is 16.9 Å². The molecule has 0 amide bonds. The first-order valence-electron chi connectivity index (χ1n) is 13.0. The maximum absolute atomic E-state index is 6.41. The third kappa shape index (κ3) is 3.79. The number of anilines is 1. The molecule has 3 aromatic rings. The Balaban J connectivity index is 1.16. The molecule has 0 unspecified atom stereocenters. The molecule has 6 heterocycles. The highest BCUT2D eigenvalue weighted by Gasteiger charge is 2.46. The van der Waals surface area contributed by atoms with Gasteiger partial charge >= 0.3 is 0 Å². The van der Waals surface area contributed by atoms with Crippen molar-refractivity contribution in [3.63, 3.8) is 0 Å². The van der Waals surface area contributed by atoms with Crippen molar-refractivity contribution in [1.29, 1.82) is 0 Å². The van der Waals surface area contributed by atoms with Crippen LogP contribution in [0.5, 0.6) is 5.75 Å². The van der Waals surface area contributed by atoms with Gasteiger partial charge in [0.15, 0.2) is 0 Å². The minimum absolute atomic E-state index is 0.0879. The number of benzene rings is 1. The molecule has 0 radical (unpaired) electrons. The standard InChI is InChI=1S/C27H33N5O3/c28-25-24-23(18-2-1-3-22(12-18)34-16-27-8-4-21(35-27)5-9-27)13-32(26(24)30-17-29-25)19-6-10-31(11-7-19)20-14-33-15-20/h1-3,12-13,17,19-21H,4-11,14-16H2,(H2,28,29,30). The number of nitrogen functional groups attached to an aromatic ring is 1. The van der Waals surface area contributed by atoms with Crippen molar-refractivity contribution < 1.29 is 14.2 Å². The number of ether oxygens (including phenoxy) is 3. The third-order valence-electron chi connectivity index (χ3n) is 8.58. The average molecular weight is 476 g/mol. The Labute approximate surface area is 205 Å². The van der Waals surface area contributed by atoms with Crippen LogP contribution in [0.2, 0.25) is 0 Å². The van der Waals surface area contributed by atoms with Crippen LogP contribution in [-0.4, -0.2) is 70.1 Å². The van der Waals surface area contributed by atoms with Gasteiger partial charge in [-0.1, -0.05) is 12.1 Å². The summed E-state index contributed by atoms with van der Waals surface area (Å²) in [6.07, 6.45) is 11.0. The average Bonchev–Trinajstić information content (AvgIpc) is 3.57. The summed E-state index contributed by atoms with van der Waals surface area (Å²) in [6, 6.07) is 9.30. The van der Waals surface area contributed by atoms with E-state index in [9.17, 15) is 0 Å². The van der Waals surface area contributed by atoms with Gasteiger partial charge < -0.3 is 24.5 Å². The Hall–Kier alpha value is -2.68. The predicted molar refractivity (Wildman–Crippen MR) is 133 cm³/mol. The summed E-state index contributed by atoms with van der Waals surface area (Å²) in [7, 11) is 0. The van der Waals surface area contributed by atoms with Crippen molar-refractivity contribution in [1.82, 2.24) is 19.4 Å². The first kappa shape index (κ1) is 21.6. The van der Waals surface area contributed by atoms with E-state index in [1.54, 1.807) is 6.33 Å². The molecule has 4 aliphatic heterocycles. The van der Waals surface area contributed by atoms with E-state index >= 15 is 0 Å². The number of likely N-dealkylation sites (tertiary alicyclic amines) is 1. The molecular formula is C27H33N5O3. The fourth-order valence-corrected chi connectivity index (χ4v) is 6.42. The molecule has 1 aromatic carbocycles. The van der Waals surface area contributed by atoms with Crippen LogP contribution in [0.15, 0.2) is 36.8 Å². The molecule has 7 rings (SSSR count). The van der Waals surface area contributed by atoms with E-state index in [1.165, 1.54) is 0 Å². The second-order valence-electron chi connectivity index (χ2n) is 10.7. The van der Waals surface area contributed by atoms with E-state index in [1.807, 2.05) is 6.07 Å². The molecule has 2 N–H and O–H groups in total. The maximum Gasteiger partial charge on any atom is 0.146 e. The van der Waals surface area contributed by atoms with Gasteiger partial charge in [0, 0.05) is 30.9 Å². The van der Waals surface area contributed by atoms with Gasteiger partial charge in [-0.2, -0.15) is 0 Å². The lowest BCUT2D eigenvalue weighted by Gasteiger charge is -2.41. The highest BCUT2D eigenvalue weighted by Crippen LogP contribution is 2.44. The quantitative estimate of drug-likeness (QED) is 0.580. The highest BCUT2D eigenvalue weighted by atomic mass is 16.6. The fourth-order valence-electron chi connectivity index (χ4n) is 6.42. The van der Waals surface area contributed by atoms with Gasteiger partial charge in [0.05, 0.1) is 30.7 Å². The SMILES string of the molecule is Nc1ncnc2c1c(-c1cccc(OCC34CCC(CC3)O4)c1)cn2C1CCN(C2COC2)CC1. The van der Waals surface area contributed by atoms with E-state index in [0.29, 0.717) is 30.6 Å². The molecule has 4 aliphatic rings. The monoisotopic (exact) mass is 475 g/mol. The van der Waals surface area contributed by atoms with Crippen LogP contribution in [0.3, 0.4) is 0 Å². The molecule has 184 valence electrons. The number of rotatable bonds is 6. The maximum atomic E-state index is 6.41. The van der Waals surface area contributed by atoms with E-state index in [0.717, 1.165) is 92.7 Å². The van der Waals surface area contributed by atoms with Crippen LogP contribution in [0, 0.1) is 0 Å². The van der Waals surface area contributed by atoms with Gasteiger partial charge in [-0.05, 0) is 56.2 Å². The molecule has 0 atom stereocenters. The van der Waals surface area contributed by atoms with Crippen molar-refractivity contribution in [3.05, 3.63) is 36.8 Å². The second-order valence-corrected chi connectivity index (χ2v) is 10.7. The van der Waals surface area contributed by atoms with Crippen LogP contribution in [0.1, 0.15) is 44.6 Å². The summed E-state index contributed by atoms with van der Waals surface area (Å²) >= 11 is 0. The largest absolute Gasteiger partial charge is 0.491 e. The molecule has 2 aromatic heterocycles. The summed E-state index contributed by atoms with van der Waals surface area (Å²) in [5.41, 5.74) is 9.38. The highest BCUT2D eigenvalue weighted by molar-refractivity contribution is 6.00. The molecule has 0 spiro atoms. The summed E-state index contributed by atoms with van der Waals surface area (Å²) in [6.45, 7) is 4.53. The van der Waals surface area contributed by atoms with Crippen molar-refractivity contribution in [2.24, 2.45) is 0 Å². The minimum Gasteiger partial charge on any atom is -0.491 e. The Bertz CT molecular complexity index is 1220. The number of hydrogen-bond donors (Lipinski definition) is 1. The van der Waals surface area contributed by atoms with Crippen molar-refractivity contribution in [2.45, 2.75) is 62.3 Å². The lowest BCUT2D eigenvalue weighted by molar-refractivity contribution is -0.0730. The Morgan fingerprint density at radius 1 is 1.06 bits per heavy atom. The molecule has 4 saturated heterocycles. The summed E-state index contributed by atoms with van der Waals surface area (Å²) in [5, 5.41) is 0.927. The first-order valence-corrected chi connectivity index (χ1v) is 13.0. The topological polar surface area (TPSA) is 87.7 Å². The number of aromatic nitrogens is 3. The lowest BCUT2D eigenvalue weighted by Crippen LogP contribution is -2.51. The number of piperidine rings is 1. The smallest absolute Gasteiger partial charge is 0.146 e.